The largest absolute Gasteiger partial charge is 0.495 e. The van der Waals surface area contributed by atoms with Crippen molar-refractivity contribution in [3.05, 3.63) is 65.9 Å². The molecule has 0 unspecified atom stereocenters. The van der Waals surface area contributed by atoms with Crippen LogP contribution in [0.15, 0.2) is 60.3 Å². The zero-order valence-corrected chi connectivity index (χ0v) is 14.3. The Kier molecular flexibility index (Phi) is 6.34. The smallest absolute Gasteiger partial charge is 0.337 e. The molecule has 0 saturated heterocycles. The average molecular weight is 351 g/mol. The molecule has 0 spiro atoms. The predicted octanol–water partition coefficient (Wildman–Crippen LogP) is 2.94. The molecule has 2 N–H and O–H groups in total. The van der Waals surface area contributed by atoms with Crippen molar-refractivity contribution in [1.82, 2.24) is 0 Å². The van der Waals surface area contributed by atoms with Crippen LogP contribution < -0.4 is 15.4 Å². The lowest BCUT2D eigenvalue weighted by atomic mass is 10.2. The first kappa shape index (κ1) is 18.5. The molecule has 7 nitrogen and oxygen atoms in total. The SMILES string of the molecule is COC(=O)c1cccc(N/C=C(/C#N)C(=O)Nc2ccccc2OC)c1. The zero-order valence-electron chi connectivity index (χ0n) is 14.3. The molecule has 0 aromatic heterocycles. The molecule has 0 aliphatic carbocycles. The molecule has 0 aliphatic rings. The number of hydrogen-bond donors (Lipinski definition) is 2. The second kappa shape index (κ2) is 8.89. The number of carbonyl (C=O) groups excluding carboxylic acids is 2. The maximum Gasteiger partial charge on any atom is 0.337 e. The number of para-hydroxylation sites is 2. The van der Waals surface area contributed by atoms with Gasteiger partial charge in [0.25, 0.3) is 5.91 Å². The van der Waals surface area contributed by atoms with Crippen LogP contribution in [0.2, 0.25) is 0 Å². The topological polar surface area (TPSA) is 100 Å². The van der Waals surface area contributed by atoms with Crippen LogP contribution in [0.3, 0.4) is 0 Å². The molecule has 1 amide bonds. The molecule has 0 fully saturated rings. The lowest BCUT2D eigenvalue weighted by molar-refractivity contribution is -0.112. The molecule has 2 aromatic carbocycles. The van der Waals surface area contributed by atoms with E-state index in [1.165, 1.54) is 20.4 Å². The summed E-state index contributed by atoms with van der Waals surface area (Å²) >= 11 is 0. The summed E-state index contributed by atoms with van der Waals surface area (Å²) < 4.78 is 9.81. The van der Waals surface area contributed by atoms with Crippen molar-refractivity contribution < 1.29 is 19.1 Å². The van der Waals surface area contributed by atoms with E-state index in [1.807, 2.05) is 6.07 Å². The summed E-state index contributed by atoms with van der Waals surface area (Å²) in [5.41, 5.74) is 1.20. The van der Waals surface area contributed by atoms with E-state index in [4.69, 9.17) is 4.74 Å². The first-order valence-corrected chi connectivity index (χ1v) is 7.58. The van der Waals surface area contributed by atoms with E-state index in [-0.39, 0.29) is 5.57 Å². The van der Waals surface area contributed by atoms with Crippen molar-refractivity contribution in [2.45, 2.75) is 0 Å². The van der Waals surface area contributed by atoms with Crippen LogP contribution in [-0.4, -0.2) is 26.1 Å². The summed E-state index contributed by atoms with van der Waals surface area (Å²) in [4.78, 5) is 23.8. The lowest BCUT2D eigenvalue weighted by Crippen LogP contribution is -2.15. The number of nitrogens with zero attached hydrogens (tertiary/aromatic N) is 1. The number of nitriles is 1. The summed E-state index contributed by atoms with van der Waals surface area (Å²) in [5, 5.41) is 14.7. The predicted molar refractivity (Wildman–Crippen MR) is 96.7 cm³/mol. The standard InChI is InChI=1S/C19H17N3O4/c1-25-17-9-4-3-8-16(17)22-18(23)14(11-20)12-21-15-7-5-6-13(10-15)19(24)26-2/h3-10,12,21H,1-2H3,(H,22,23)/b14-12-. The van der Waals surface area contributed by atoms with Crippen LogP contribution in [0.1, 0.15) is 10.4 Å². The van der Waals surface area contributed by atoms with Crippen LogP contribution in [0, 0.1) is 11.3 Å². The average Bonchev–Trinajstić information content (AvgIpc) is 2.68. The summed E-state index contributed by atoms with van der Waals surface area (Å²) in [6, 6.07) is 15.2. The van der Waals surface area contributed by atoms with Crippen molar-refractivity contribution in [2.24, 2.45) is 0 Å². The van der Waals surface area contributed by atoms with E-state index in [0.29, 0.717) is 22.7 Å². The monoisotopic (exact) mass is 351 g/mol. The van der Waals surface area contributed by atoms with Gasteiger partial charge >= 0.3 is 5.97 Å². The Labute approximate surface area is 150 Å². The highest BCUT2D eigenvalue weighted by Crippen LogP contribution is 2.23. The summed E-state index contributed by atoms with van der Waals surface area (Å²) in [5.74, 6) is -0.586. The molecule has 0 aliphatic heterocycles. The number of methoxy groups -OCH3 is 2. The Bertz CT molecular complexity index is 884. The van der Waals surface area contributed by atoms with Gasteiger partial charge in [-0.15, -0.1) is 0 Å². The van der Waals surface area contributed by atoms with E-state index in [0.717, 1.165) is 0 Å². The van der Waals surface area contributed by atoms with Gasteiger partial charge in [0.1, 0.15) is 17.4 Å². The van der Waals surface area contributed by atoms with Gasteiger partial charge in [-0.1, -0.05) is 18.2 Å². The summed E-state index contributed by atoms with van der Waals surface area (Å²) in [6.45, 7) is 0. The lowest BCUT2D eigenvalue weighted by Gasteiger charge is -2.09. The van der Waals surface area contributed by atoms with Gasteiger partial charge in [0.2, 0.25) is 0 Å². The molecule has 0 atom stereocenters. The Morgan fingerprint density at radius 1 is 1.12 bits per heavy atom. The van der Waals surface area contributed by atoms with Crippen LogP contribution in [0.5, 0.6) is 5.75 Å². The quantitative estimate of drug-likeness (QED) is 0.471. The van der Waals surface area contributed by atoms with Gasteiger partial charge in [-0.2, -0.15) is 5.26 Å². The molecular formula is C19H17N3O4. The van der Waals surface area contributed by atoms with Crippen molar-refractivity contribution in [2.75, 3.05) is 24.9 Å². The normalized spacial score (nSPS) is 10.4. The molecule has 7 heteroatoms. The minimum Gasteiger partial charge on any atom is -0.495 e. The Morgan fingerprint density at radius 3 is 2.58 bits per heavy atom. The fourth-order valence-corrected chi connectivity index (χ4v) is 2.10. The molecule has 0 saturated carbocycles. The molecule has 132 valence electrons. The van der Waals surface area contributed by atoms with Crippen molar-refractivity contribution in [3.63, 3.8) is 0 Å². The van der Waals surface area contributed by atoms with Crippen molar-refractivity contribution in [1.29, 1.82) is 5.26 Å². The first-order chi connectivity index (χ1) is 12.6. The number of anilines is 2. The number of nitrogens with one attached hydrogen (secondary N) is 2. The van der Waals surface area contributed by atoms with Gasteiger partial charge in [-0.3, -0.25) is 4.79 Å². The summed E-state index contributed by atoms with van der Waals surface area (Å²) in [6.07, 6.45) is 1.27. The number of benzene rings is 2. The third-order valence-electron chi connectivity index (χ3n) is 3.39. The van der Waals surface area contributed by atoms with Crippen LogP contribution in [0.25, 0.3) is 0 Å². The Hall–Kier alpha value is -3.79. The van der Waals surface area contributed by atoms with Crippen LogP contribution >= 0.6 is 0 Å². The number of rotatable bonds is 6. The maximum absolute atomic E-state index is 12.3. The molecule has 0 heterocycles. The minimum absolute atomic E-state index is 0.139. The van der Waals surface area contributed by atoms with Gasteiger partial charge in [-0.05, 0) is 30.3 Å². The van der Waals surface area contributed by atoms with E-state index in [2.05, 4.69) is 15.4 Å². The van der Waals surface area contributed by atoms with Crippen molar-refractivity contribution >= 4 is 23.3 Å². The number of ether oxygens (including phenoxy) is 2. The number of carbonyl (C=O) groups is 2. The molecular weight excluding hydrogens is 334 g/mol. The second-order valence-electron chi connectivity index (χ2n) is 5.04. The summed E-state index contributed by atoms with van der Waals surface area (Å²) in [7, 11) is 2.78. The van der Waals surface area contributed by atoms with Gasteiger partial charge < -0.3 is 20.1 Å². The minimum atomic E-state index is -0.589. The van der Waals surface area contributed by atoms with E-state index in [9.17, 15) is 14.9 Å². The highest BCUT2D eigenvalue weighted by molar-refractivity contribution is 6.07. The Morgan fingerprint density at radius 2 is 1.88 bits per heavy atom. The fraction of sp³-hybridized carbons (Fsp3) is 0.105. The maximum atomic E-state index is 12.3. The number of hydrogen-bond acceptors (Lipinski definition) is 6. The van der Waals surface area contributed by atoms with Gasteiger partial charge in [0.15, 0.2) is 0 Å². The third-order valence-corrected chi connectivity index (χ3v) is 3.39. The van der Waals surface area contributed by atoms with E-state index >= 15 is 0 Å². The second-order valence-corrected chi connectivity index (χ2v) is 5.04. The van der Waals surface area contributed by atoms with Crippen molar-refractivity contribution in [3.8, 4) is 11.8 Å². The van der Waals surface area contributed by atoms with Gasteiger partial charge in [-0.25, -0.2) is 4.79 Å². The zero-order chi connectivity index (χ0) is 18.9. The van der Waals surface area contributed by atoms with Crippen LogP contribution in [-0.2, 0) is 9.53 Å². The van der Waals surface area contributed by atoms with E-state index in [1.54, 1.807) is 48.5 Å². The highest BCUT2D eigenvalue weighted by atomic mass is 16.5. The van der Waals surface area contributed by atoms with Gasteiger partial charge in [0.05, 0.1) is 25.5 Å². The molecule has 26 heavy (non-hydrogen) atoms. The number of esters is 1. The number of amides is 1. The molecule has 0 radical (unpaired) electrons. The molecule has 2 aromatic rings. The third kappa shape index (κ3) is 4.61. The van der Waals surface area contributed by atoms with E-state index < -0.39 is 11.9 Å². The Balaban J connectivity index is 2.14. The molecule has 2 rings (SSSR count). The van der Waals surface area contributed by atoms with Gasteiger partial charge in [0, 0.05) is 11.9 Å². The first-order valence-electron chi connectivity index (χ1n) is 7.58. The fourth-order valence-electron chi connectivity index (χ4n) is 2.10. The highest BCUT2D eigenvalue weighted by Gasteiger charge is 2.12. The molecule has 0 bridgehead atoms. The van der Waals surface area contributed by atoms with Crippen LogP contribution in [0.4, 0.5) is 11.4 Å².